The van der Waals surface area contributed by atoms with Crippen LogP contribution >= 0.6 is 11.3 Å². The average Bonchev–Trinajstić information content (AvgIpc) is 2.95. The zero-order chi connectivity index (χ0) is 13.4. The number of hydrogen-bond acceptors (Lipinski definition) is 3. The molecule has 0 aliphatic carbocycles. The minimum absolute atomic E-state index is 0.146. The molecule has 3 rings (SSSR count). The van der Waals surface area contributed by atoms with E-state index in [1.54, 1.807) is 0 Å². The van der Waals surface area contributed by atoms with Crippen molar-refractivity contribution in [1.82, 2.24) is 4.90 Å². The fraction of sp³-hybridized carbons (Fsp3) is 0.375. The van der Waals surface area contributed by atoms with Crippen LogP contribution in [0.15, 0.2) is 36.4 Å². The van der Waals surface area contributed by atoms with Crippen LogP contribution in [0, 0.1) is 6.92 Å². The second-order valence-electron chi connectivity index (χ2n) is 5.43. The van der Waals surface area contributed by atoms with Gasteiger partial charge in [0.2, 0.25) is 0 Å². The number of fused-ring (bicyclic) bond motifs is 1. The van der Waals surface area contributed by atoms with E-state index in [-0.39, 0.29) is 6.04 Å². The fourth-order valence-electron chi connectivity index (χ4n) is 2.94. The minimum Gasteiger partial charge on any atom is -0.326 e. The van der Waals surface area contributed by atoms with Gasteiger partial charge < -0.3 is 5.73 Å². The van der Waals surface area contributed by atoms with Crippen LogP contribution in [-0.2, 0) is 13.1 Å². The lowest BCUT2D eigenvalue weighted by molar-refractivity contribution is 0.181. The maximum atomic E-state index is 6.26. The van der Waals surface area contributed by atoms with E-state index in [1.165, 1.54) is 20.9 Å². The topological polar surface area (TPSA) is 29.3 Å². The molecule has 0 amide bonds. The van der Waals surface area contributed by atoms with Gasteiger partial charge in [-0.05, 0) is 37.1 Å². The molecule has 0 fully saturated rings. The predicted octanol–water partition coefficient (Wildman–Crippen LogP) is 3.46. The van der Waals surface area contributed by atoms with Crippen molar-refractivity contribution in [3.05, 3.63) is 57.3 Å². The quantitative estimate of drug-likeness (QED) is 0.927. The summed E-state index contributed by atoms with van der Waals surface area (Å²) in [6.45, 7) is 6.30. The molecule has 0 bridgehead atoms. The van der Waals surface area contributed by atoms with Crippen LogP contribution in [0.4, 0.5) is 0 Å². The smallest absolute Gasteiger partial charge is 0.0596 e. The highest BCUT2D eigenvalue weighted by atomic mass is 32.1. The maximum Gasteiger partial charge on any atom is 0.0596 e. The van der Waals surface area contributed by atoms with Crippen LogP contribution in [-0.4, -0.2) is 10.9 Å². The summed E-state index contributed by atoms with van der Waals surface area (Å²) < 4.78 is 0. The Bertz CT molecular complexity index is 549. The van der Waals surface area contributed by atoms with Crippen molar-refractivity contribution in [3.63, 3.8) is 0 Å². The van der Waals surface area contributed by atoms with E-state index in [0.717, 1.165) is 13.1 Å². The molecule has 19 heavy (non-hydrogen) atoms. The number of nitrogens with two attached hydrogens (primary N) is 1. The van der Waals surface area contributed by atoms with Crippen molar-refractivity contribution in [2.24, 2.45) is 5.73 Å². The number of aryl methyl sites for hydroxylation is 1. The van der Waals surface area contributed by atoms with Gasteiger partial charge in [-0.2, -0.15) is 0 Å². The van der Waals surface area contributed by atoms with Gasteiger partial charge in [-0.15, -0.1) is 11.3 Å². The van der Waals surface area contributed by atoms with E-state index >= 15 is 0 Å². The van der Waals surface area contributed by atoms with Crippen LogP contribution in [0.5, 0.6) is 0 Å². The first kappa shape index (κ1) is 12.9. The van der Waals surface area contributed by atoms with Crippen LogP contribution < -0.4 is 5.73 Å². The summed E-state index contributed by atoms with van der Waals surface area (Å²) in [6, 6.07) is 13.6. The van der Waals surface area contributed by atoms with E-state index in [0.29, 0.717) is 6.04 Å². The monoisotopic (exact) mass is 272 g/mol. The second kappa shape index (κ2) is 5.08. The van der Waals surface area contributed by atoms with Crippen molar-refractivity contribution < 1.29 is 0 Å². The normalized spacial score (nSPS) is 18.3. The summed E-state index contributed by atoms with van der Waals surface area (Å²) in [4.78, 5) is 5.25. The highest BCUT2D eigenvalue weighted by molar-refractivity contribution is 7.12. The van der Waals surface area contributed by atoms with Gasteiger partial charge in [-0.25, -0.2) is 0 Å². The Hall–Kier alpha value is -1.16. The third kappa shape index (κ3) is 2.46. The number of rotatable bonds is 3. The van der Waals surface area contributed by atoms with Crippen molar-refractivity contribution in [2.75, 3.05) is 0 Å². The van der Waals surface area contributed by atoms with Gasteiger partial charge in [0.15, 0.2) is 0 Å². The molecular weight excluding hydrogens is 252 g/mol. The lowest BCUT2D eigenvalue weighted by atomic mass is 10.1. The molecule has 2 heterocycles. The molecule has 1 aromatic carbocycles. The summed E-state index contributed by atoms with van der Waals surface area (Å²) in [5.41, 5.74) is 9.15. The van der Waals surface area contributed by atoms with E-state index in [2.05, 4.69) is 55.1 Å². The molecule has 3 heteroatoms. The lowest BCUT2D eigenvalue weighted by Crippen LogP contribution is -2.36. The third-order valence-electron chi connectivity index (χ3n) is 3.81. The molecule has 0 saturated carbocycles. The van der Waals surface area contributed by atoms with Gasteiger partial charge in [0.1, 0.15) is 0 Å². The van der Waals surface area contributed by atoms with E-state index in [4.69, 9.17) is 5.73 Å². The maximum absolute atomic E-state index is 6.26. The Morgan fingerprint density at radius 1 is 1.11 bits per heavy atom. The molecule has 2 aromatic rings. The SMILES string of the molecule is Cc1ccc(C(C(C)N)N2Cc3ccccc3C2)s1. The average molecular weight is 272 g/mol. The summed E-state index contributed by atoms with van der Waals surface area (Å²) in [6.07, 6.45) is 0. The van der Waals surface area contributed by atoms with Gasteiger partial charge >= 0.3 is 0 Å². The summed E-state index contributed by atoms with van der Waals surface area (Å²) >= 11 is 1.87. The number of hydrogen-bond donors (Lipinski definition) is 1. The molecular formula is C16H20N2S. The van der Waals surface area contributed by atoms with Crippen molar-refractivity contribution in [3.8, 4) is 0 Å². The van der Waals surface area contributed by atoms with E-state index in [9.17, 15) is 0 Å². The van der Waals surface area contributed by atoms with E-state index in [1.807, 2.05) is 11.3 Å². The molecule has 0 spiro atoms. The molecule has 0 radical (unpaired) electrons. The van der Waals surface area contributed by atoms with Gasteiger partial charge in [0.05, 0.1) is 6.04 Å². The van der Waals surface area contributed by atoms with Gasteiger partial charge in [0, 0.05) is 28.9 Å². The Morgan fingerprint density at radius 3 is 2.21 bits per heavy atom. The Morgan fingerprint density at radius 2 is 1.74 bits per heavy atom. The highest BCUT2D eigenvalue weighted by Crippen LogP contribution is 2.35. The first-order valence-electron chi connectivity index (χ1n) is 6.78. The van der Waals surface area contributed by atoms with Crippen LogP contribution in [0.2, 0.25) is 0 Å². The third-order valence-corrected chi connectivity index (χ3v) is 4.88. The summed E-state index contributed by atoms with van der Waals surface area (Å²) in [7, 11) is 0. The number of nitrogens with zero attached hydrogens (tertiary/aromatic N) is 1. The zero-order valence-electron chi connectivity index (χ0n) is 11.5. The van der Waals surface area contributed by atoms with Crippen LogP contribution in [0.1, 0.15) is 33.8 Å². The van der Waals surface area contributed by atoms with Crippen LogP contribution in [0.3, 0.4) is 0 Å². The fourth-order valence-corrected chi connectivity index (χ4v) is 4.07. The first-order valence-corrected chi connectivity index (χ1v) is 7.59. The Kier molecular flexibility index (Phi) is 3.44. The second-order valence-corrected chi connectivity index (χ2v) is 6.75. The van der Waals surface area contributed by atoms with Gasteiger partial charge in [0.25, 0.3) is 0 Å². The molecule has 2 nitrogen and oxygen atoms in total. The van der Waals surface area contributed by atoms with Gasteiger partial charge in [-0.3, -0.25) is 4.90 Å². The van der Waals surface area contributed by atoms with Gasteiger partial charge in [-0.1, -0.05) is 24.3 Å². The number of thiophene rings is 1. The highest BCUT2D eigenvalue weighted by Gasteiger charge is 2.29. The predicted molar refractivity (Wildman–Crippen MR) is 81.1 cm³/mol. The summed E-state index contributed by atoms with van der Waals surface area (Å²) in [5.74, 6) is 0. The largest absolute Gasteiger partial charge is 0.326 e. The molecule has 2 N–H and O–H groups in total. The molecule has 2 unspecified atom stereocenters. The first-order chi connectivity index (χ1) is 9.15. The standard InChI is InChI=1S/C16H20N2S/c1-11-7-8-15(19-11)16(12(2)17)18-9-13-5-3-4-6-14(13)10-18/h3-8,12,16H,9-10,17H2,1-2H3. The molecule has 1 aliphatic rings. The molecule has 2 atom stereocenters. The van der Waals surface area contributed by atoms with E-state index < -0.39 is 0 Å². The summed E-state index contributed by atoms with van der Waals surface area (Å²) in [5, 5.41) is 0. The molecule has 1 aliphatic heterocycles. The Labute approximate surface area is 118 Å². The van der Waals surface area contributed by atoms with Crippen molar-refractivity contribution in [1.29, 1.82) is 0 Å². The minimum atomic E-state index is 0.146. The number of benzene rings is 1. The molecule has 1 aromatic heterocycles. The Balaban J connectivity index is 1.88. The van der Waals surface area contributed by atoms with Crippen molar-refractivity contribution >= 4 is 11.3 Å². The molecule has 100 valence electrons. The van der Waals surface area contributed by atoms with Crippen LogP contribution in [0.25, 0.3) is 0 Å². The zero-order valence-corrected chi connectivity index (χ0v) is 12.3. The molecule has 0 saturated heterocycles. The van der Waals surface area contributed by atoms with Crippen molar-refractivity contribution in [2.45, 2.75) is 39.0 Å². The lowest BCUT2D eigenvalue weighted by Gasteiger charge is -2.29.